The molecule has 2 saturated heterocycles. The maximum absolute atomic E-state index is 14.1. The van der Waals surface area contributed by atoms with E-state index < -0.39 is 193 Å². The zero-order valence-electron chi connectivity index (χ0n) is 53.2. The average molecular weight is 1280 g/mol. The second kappa shape index (κ2) is 36.8. The molecule has 91 heavy (non-hydrogen) atoms. The number of carbonyl (C=O) groups is 15. The molecule has 2 fully saturated rings. The molecule has 2 heterocycles. The van der Waals surface area contributed by atoms with Crippen molar-refractivity contribution in [1.29, 1.82) is 0 Å². The van der Waals surface area contributed by atoms with E-state index in [2.05, 4.69) is 47.9 Å². The summed E-state index contributed by atoms with van der Waals surface area (Å²) in [5, 5.41) is 51.0. The van der Waals surface area contributed by atoms with Gasteiger partial charge in [0, 0.05) is 25.9 Å². The van der Waals surface area contributed by atoms with E-state index in [4.69, 9.17) is 11.5 Å². The highest BCUT2D eigenvalue weighted by Gasteiger charge is 2.42. The zero-order valence-corrected chi connectivity index (χ0v) is 53.2. The van der Waals surface area contributed by atoms with Crippen molar-refractivity contribution in [3.8, 4) is 0 Å². The number of hydrogen-bond donors (Lipinski definition) is 14. The SMILES string of the molecule is CC[C@H](C)[C@H](N)C(=O)N1CCC[C@H]1C(=O)N[C@H](C(=O)N[C@@H](CC(C)C)C(=O)N[C@@H](CC(=O)O)C(=O)N[C@@H](CCC(=O)O)C(=O)N[C@@H](CC(N)=O)C(=O)NCC(=O)N[C@@H](CC(C)C)C(=O)N[C@@H](Cc1ccccc1)C(=O)N[C@@H](C)C(=O)N1CCC[C@H]1C(=O)O)C(C)C. The molecule has 1 aromatic rings. The topological polar surface area (TPSA) is 484 Å². The lowest BCUT2D eigenvalue weighted by Crippen LogP contribution is -2.61. The first-order valence-electron chi connectivity index (χ1n) is 30.7. The van der Waals surface area contributed by atoms with Crippen LogP contribution in [0.5, 0.6) is 0 Å². The average Bonchev–Trinajstić information content (AvgIpc) is 1.95. The van der Waals surface area contributed by atoms with Crippen molar-refractivity contribution in [1.82, 2.24) is 57.7 Å². The molecule has 0 radical (unpaired) electrons. The fourth-order valence-corrected chi connectivity index (χ4v) is 10.4. The Hall–Kier alpha value is -8.77. The number of hydrogen-bond acceptors (Lipinski definition) is 16. The van der Waals surface area contributed by atoms with Crippen molar-refractivity contribution in [2.24, 2.45) is 35.1 Å². The molecule has 0 aliphatic carbocycles. The molecule has 2 aliphatic heterocycles. The van der Waals surface area contributed by atoms with Gasteiger partial charge in [-0.1, -0.05) is 92.1 Å². The van der Waals surface area contributed by atoms with Crippen LogP contribution in [0, 0.1) is 23.7 Å². The Morgan fingerprint density at radius 2 is 1.03 bits per heavy atom. The van der Waals surface area contributed by atoms with E-state index >= 15 is 0 Å². The molecule has 0 aromatic heterocycles. The van der Waals surface area contributed by atoms with Gasteiger partial charge in [-0.25, -0.2) is 4.79 Å². The Balaban J connectivity index is 1.79. The number of nitrogens with zero attached hydrogens (tertiary/aromatic N) is 2. The standard InChI is InChI=1S/C60H93N13O18/c1-10-33(8)48(62)59(89)72-22-14-18-42(72)56(86)71-49(32(6)7)57(87)70-38(25-31(4)5)54(84)69-41(28-47(78)79)55(85)66-36(20-21-46(76)77)51(81)68-40(27-44(61)74)50(80)63-29-45(75)65-37(24-30(2)3)53(83)67-39(26-35-16-12-11-13-17-35)52(82)64-34(9)58(88)73-23-15-19-43(73)60(90)91/h11-13,16-17,30-34,36-43,48-49H,10,14-15,18-29,62H2,1-9H3,(H2,61,74)(H,63,80)(H,64,82)(H,65,75)(H,66,85)(H,67,83)(H,68,81)(H,69,84)(H,70,87)(H,71,86)(H,76,77)(H,78,79)(H,90,91)/t33-,34-,36-,37-,38-,39-,40-,41-,42-,43-,48-,49-/m0/s1. The van der Waals surface area contributed by atoms with Crippen LogP contribution in [0.25, 0.3) is 0 Å². The second-order valence-corrected chi connectivity index (χ2v) is 24.4. The first-order valence-corrected chi connectivity index (χ1v) is 30.7. The van der Waals surface area contributed by atoms with Gasteiger partial charge in [-0.05, 0) is 81.1 Å². The number of nitrogens with one attached hydrogen (secondary N) is 9. The van der Waals surface area contributed by atoms with Crippen molar-refractivity contribution in [2.75, 3.05) is 19.6 Å². The molecular formula is C60H93N13O18. The van der Waals surface area contributed by atoms with Crippen LogP contribution in [0.15, 0.2) is 30.3 Å². The number of carboxylic acid groups (broad SMARTS) is 3. The predicted octanol–water partition coefficient (Wildman–Crippen LogP) is -2.35. The van der Waals surface area contributed by atoms with Crippen molar-refractivity contribution >= 4 is 88.8 Å². The van der Waals surface area contributed by atoms with Crippen molar-refractivity contribution < 1.29 is 87.2 Å². The fraction of sp³-hybridized carbons (Fsp3) is 0.650. The molecule has 0 bridgehead atoms. The normalized spacial score (nSPS) is 17.9. The molecule has 16 N–H and O–H groups in total. The molecule has 3 rings (SSSR count). The lowest BCUT2D eigenvalue weighted by Gasteiger charge is -2.31. The van der Waals surface area contributed by atoms with E-state index in [0.717, 1.165) is 4.90 Å². The Labute approximate surface area is 528 Å². The summed E-state index contributed by atoms with van der Waals surface area (Å²) >= 11 is 0. The van der Waals surface area contributed by atoms with Crippen LogP contribution in [0.2, 0.25) is 0 Å². The molecule has 1 aromatic carbocycles. The number of carbonyl (C=O) groups excluding carboxylic acids is 12. The zero-order chi connectivity index (χ0) is 68.6. The first-order chi connectivity index (χ1) is 42.6. The third kappa shape index (κ3) is 24.9. The van der Waals surface area contributed by atoms with Crippen LogP contribution in [-0.2, 0) is 78.3 Å². The minimum atomic E-state index is -2.00. The van der Waals surface area contributed by atoms with Gasteiger partial charge in [-0.2, -0.15) is 0 Å². The minimum Gasteiger partial charge on any atom is -0.481 e. The molecular weight excluding hydrogens is 1190 g/mol. The lowest BCUT2D eigenvalue weighted by atomic mass is 9.98. The van der Waals surface area contributed by atoms with Gasteiger partial charge in [0.25, 0.3) is 0 Å². The van der Waals surface area contributed by atoms with E-state index in [0.29, 0.717) is 31.2 Å². The van der Waals surface area contributed by atoms with Gasteiger partial charge in [-0.15, -0.1) is 0 Å². The van der Waals surface area contributed by atoms with E-state index in [9.17, 15) is 87.2 Å². The van der Waals surface area contributed by atoms with Crippen LogP contribution in [0.3, 0.4) is 0 Å². The summed E-state index contributed by atoms with van der Waals surface area (Å²) < 4.78 is 0. The summed E-state index contributed by atoms with van der Waals surface area (Å²) in [6.45, 7) is 14.7. The monoisotopic (exact) mass is 1280 g/mol. The fourth-order valence-electron chi connectivity index (χ4n) is 10.4. The highest BCUT2D eigenvalue weighted by molar-refractivity contribution is 6.00. The Morgan fingerprint density at radius 3 is 1.55 bits per heavy atom. The molecule has 0 spiro atoms. The lowest BCUT2D eigenvalue weighted by molar-refractivity contribution is -0.149. The van der Waals surface area contributed by atoms with E-state index in [1.165, 1.54) is 11.8 Å². The molecule has 0 unspecified atom stereocenters. The summed E-state index contributed by atoms with van der Waals surface area (Å²) in [7, 11) is 0. The second-order valence-electron chi connectivity index (χ2n) is 24.4. The van der Waals surface area contributed by atoms with Crippen LogP contribution in [-0.4, -0.2) is 200 Å². The highest BCUT2D eigenvalue weighted by Crippen LogP contribution is 2.22. The maximum atomic E-state index is 14.1. The summed E-state index contributed by atoms with van der Waals surface area (Å²) in [5.41, 5.74) is 12.2. The molecule has 31 nitrogen and oxygen atoms in total. The number of likely N-dealkylation sites (tertiary alicyclic amines) is 2. The van der Waals surface area contributed by atoms with Gasteiger partial charge in [0.2, 0.25) is 70.9 Å². The van der Waals surface area contributed by atoms with Gasteiger partial charge in [-0.3, -0.25) is 67.1 Å². The largest absolute Gasteiger partial charge is 0.481 e. The number of primary amides is 1. The maximum Gasteiger partial charge on any atom is 0.326 e. The van der Waals surface area contributed by atoms with Crippen LogP contribution in [0.1, 0.15) is 139 Å². The summed E-state index contributed by atoms with van der Waals surface area (Å²) in [4.78, 5) is 202. The third-order valence-electron chi connectivity index (χ3n) is 15.5. The van der Waals surface area contributed by atoms with E-state index in [-0.39, 0.29) is 56.5 Å². The first kappa shape index (κ1) is 76.5. The van der Waals surface area contributed by atoms with Crippen molar-refractivity contribution in [3.63, 3.8) is 0 Å². The number of benzene rings is 1. The number of carboxylic acids is 3. The van der Waals surface area contributed by atoms with Crippen molar-refractivity contribution in [3.05, 3.63) is 35.9 Å². The van der Waals surface area contributed by atoms with Crippen LogP contribution >= 0.6 is 0 Å². The number of amides is 12. The Kier molecular flexibility index (Phi) is 30.9. The van der Waals surface area contributed by atoms with E-state index in [1.807, 2.05) is 13.8 Å². The Bertz CT molecular complexity index is 2780. The van der Waals surface area contributed by atoms with E-state index in [1.54, 1.807) is 71.9 Å². The summed E-state index contributed by atoms with van der Waals surface area (Å²) in [6, 6.07) is -6.82. The van der Waals surface area contributed by atoms with Gasteiger partial charge in [0.1, 0.15) is 60.4 Å². The summed E-state index contributed by atoms with van der Waals surface area (Å²) in [6.07, 6.45) is -1.66. The third-order valence-corrected chi connectivity index (χ3v) is 15.5. The Morgan fingerprint density at radius 1 is 0.549 bits per heavy atom. The van der Waals surface area contributed by atoms with Crippen LogP contribution in [0.4, 0.5) is 0 Å². The quantitative estimate of drug-likeness (QED) is 0.0332. The molecule has 2 aliphatic rings. The van der Waals surface area contributed by atoms with Gasteiger partial charge < -0.3 is 84.4 Å². The molecule has 31 heteroatoms. The van der Waals surface area contributed by atoms with Crippen LogP contribution < -0.4 is 59.3 Å². The number of aliphatic carboxylic acids is 3. The molecule has 0 saturated carbocycles. The van der Waals surface area contributed by atoms with Crippen molar-refractivity contribution in [2.45, 2.75) is 206 Å². The van der Waals surface area contributed by atoms with Gasteiger partial charge >= 0.3 is 17.9 Å². The number of rotatable bonds is 37. The smallest absolute Gasteiger partial charge is 0.326 e. The molecule has 12 atom stereocenters. The minimum absolute atomic E-state index is 0.0120. The molecule has 506 valence electrons. The predicted molar refractivity (Wildman–Crippen MR) is 325 cm³/mol. The number of nitrogens with two attached hydrogens (primary N) is 2. The molecule has 12 amide bonds. The van der Waals surface area contributed by atoms with Gasteiger partial charge in [0.05, 0.1) is 25.4 Å². The highest BCUT2D eigenvalue weighted by atomic mass is 16.4. The van der Waals surface area contributed by atoms with Gasteiger partial charge in [0.15, 0.2) is 0 Å². The summed E-state index contributed by atoms with van der Waals surface area (Å²) in [5.74, 6) is -16.9.